The second-order valence-electron chi connectivity index (χ2n) is 6.87. The summed E-state index contributed by atoms with van der Waals surface area (Å²) in [5.74, 6) is 0.196. The molecule has 0 spiro atoms. The first-order chi connectivity index (χ1) is 13.2. The minimum Gasteiger partial charge on any atom is -0.485 e. The molecule has 0 saturated carbocycles. The molecular formula is C22H23NO4S. The number of Topliss-reactive ketones (excluding diaryl/α,β-unsaturated/α-hetero) is 1. The average Bonchev–Trinajstić information content (AvgIpc) is 2.94. The number of benzene rings is 2. The van der Waals surface area contributed by atoms with Crippen LogP contribution in [-0.4, -0.2) is 31.6 Å². The van der Waals surface area contributed by atoms with Crippen molar-refractivity contribution in [2.75, 3.05) is 12.9 Å². The highest BCUT2D eigenvalue weighted by Crippen LogP contribution is 2.24. The largest absolute Gasteiger partial charge is 0.485 e. The molecule has 5 nitrogen and oxygen atoms in total. The summed E-state index contributed by atoms with van der Waals surface area (Å²) in [5.41, 5.74) is 4.58. The van der Waals surface area contributed by atoms with Crippen LogP contribution in [0.15, 0.2) is 59.5 Å². The standard InChI is InChI=1S/C22H23NO4S/c1-15-8-5-6-11-21(15)23-16(2)12-20(17(23)3)22(24)14-27-18-9-7-10-19(13-18)28(4,25)26/h5-13H,14H2,1-4H3. The molecule has 0 fully saturated rings. The molecule has 2 aromatic carbocycles. The molecule has 0 aliphatic heterocycles. The molecule has 3 aromatic rings. The monoisotopic (exact) mass is 397 g/mol. The number of aromatic nitrogens is 1. The van der Waals surface area contributed by atoms with Crippen molar-refractivity contribution >= 4 is 15.6 Å². The van der Waals surface area contributed by atoms with E-state index < -0.39 is 9.84 Å². The number of aryl methyl sites for hydroxylation is 2. The Morgan fingerprint density at radius 3 is 2.39 bits per heavy atom. The zero-order chi connectivity index (χ0) is 20.5. The topological polar surface area (TPSA) is 65.4 Å². The van der Waals surface area contributed by atoms with Crippen molar-refractivity contribution in [3.8, 4) is 11.4 Å². The first-order valence-corrected chi connectivity index (χ1v) is 10.8. The fourth-order valence-corrected chi connectivity index (χ4v) is 3.91. The van der Waals surface area contributed by atoms with Crippen LogP contribution in [0.2, 0.25) is 0 Å². The molecule has 1 aromatic heterocycles. The summed E-state index contributed by atoms with van der Waals surface area (Å²) in [6, 6.07) is 16.0. The Morgan fingerprint density at radius 2 is 1.71 bits per heavy atom. The number of nitrogens with zero attached hydrogens (tertiary/aromatic N) is 1. The van der Waals surface area contributed by atoms with Gasteiger partial charge in [-0.15, -0.1) is 0 Å². The zero-order valence-electron chi connectivity index (χ0n) is 16.4. The van der Waals surface area contributed by atoms with Gasteiger partial charge in [0, 0.05) is 28.9 Å². The van der Waals surface area contributed by atoms with Crippen LogP contribution >= 0.6 is 0 Å². The van der Waals surface area contributed by atoms with Gasteiger partial charge in [0.15, 0.2) is 16.4 Å². The number of hydrogen-bond acceptors (Lipinski definition) is 4. The van der Waals surface area contributed by atoms with Gasteiger partial charge in [-0.1, -0.05) is 24.3 Å². The molecule has 146 valence electrons. The molecule has 0 N–H and O–H groups in total. The second-order valence-corrected chi connectivity index (χ2v) is 8.88. The predicted molar refractivity (Wildman–Crippen MR) is 109 cm³/mol. The molecule has 6 heteroatoms. The van der Waals surface area contributed by atoms with E-state index in [-0.39, 0.29) is 17.3 Å². The molecule has 3 rings (SSSR count). The van der Waals surface area contributed by atoms with Crippen LogP contribution in [0, 0.1) is 20.8 Å². The van der Waals surface area contributed by atoms with Gasteiger partial charge in [0.25, 0.3) is 0 Å². The van der Waals surface area contributed by atoms with E-state index in [1.54, 1.807) is 12.1 Å². The van der Waals surface area contributed by atoms with Crippen molar-refractivity contribution in [3.63, 3.8) is 0 Å². The van der Waals surface area contributed by atoms with Gasteiger partial charge in [-0.2, -0.15) is 0 Å². The summed E-state index contributed by atoms with van der Waals surface area (Å²) in [5, 5.41) is 0. The Morgan fingerprint density at radius 1 is 1.00 bits per heavy atom. The zero-order valence-corrected chi connectivity index (χ0v) is 17.2. The fourth-order valence-electron chi connectivity index (χ4n) is 3.25. The Balaban J connectivity index is 1.83. The van der Waals surface area contributed by atoms with Crippen LogP contribution in [0.3, 0.4) is 0 Å². The molecule has 0 aliphatic rings. The number of sulfone groups is 1. The Kier molecular flexibility index (Phi) is 5.42. The quantitative estimate of drug-likeness (QED) is 0.588. The highest BCUT2D eigenvalue weighted by molar-refractivity contribution is 7.90. The summed E-state index contributed by atoms with van der Waals surface area (Å²) in [7, 11) is -3.33. The third kappa shape index (κ3) is 4.02. The van der Waals surface area contributed by atoms with Gasteiger partial charge in [-0.05, 0) is 56.7 Å². The molecule has 0 atom stereocenters. The molecule has 0 amide bonds. The smallest absolute Gasteiger partial charge is 0.202 e. The summed E-state index contributed by atoms with van der Waals surface area (Å²) in [6.45, 7) is 5.75. The normalized spacial score (nSPS) is 11.4. The van der Waals surface area contributed by atoms with Gasteiger partial charge in [-0.25, -0.2) is 8.42 Å². The lowest BCUT2D eigenvalue weighted by Gasteiger charge is -2.12. The maximum Gasteiger partial charge on any atom is 0.202 e. The lowest BCUT2D eigenvalue weighted by atomic mass is 10.1. The molecule has 0 saturated heterocycles. The number of ketones is 1. The van der Waals surface area contributed by atoms with Crippen molar-refractivity contribution in [2.24, 2.45) is 0 Å². The summed E-state index contributed by atoms with van der Waals surface area (Å²) >= 11 is 0. The third-order valence-electron chi connectivity index (χ3n) is 4.69. The van der Waals surface area contributed by atoms with Crippen LogP contribution < -0.4 is 4.74 Å². The van der Waals surface area contributed by atoms with Gasteiger partial charge in [0.05, 0.1) is 4.90 Å². The van der Waals surface area contributed by atoms with Crippen LogP contribution in [0.25, 0.3) is 5.69 Å². The maximum absolute atomic E-state index is 12.7. The first-order valence-electron chi connectivity index (χ1n) is 8.89. The molecule has 0 radical (unpaired) electrons. The van der Waals surface area contributed by atoms with Crippen molar-refractivity contribution in [1.82, 2.24) is 4.57 Å². The minimum absolute atomic E-state index is 0.155. The Hall–Kier alpha value is -2.86. The highest BCUT2D eigenvalue weighted by Gasteiger charge is 2.18. The predicted octanol–water partition coefficient (Wildman–Crippen LogP) is 4.07. The molecule has 28 heavy (non-hydrogen) atoms. The number of carbonyl (C=O) groups excluding carboxylic acids is 1. The van der Waals surface area contributed by atoms with Gasteiger partial charge < -0.3 is 9.30 Å². The maximum atomic E-state index is 12.7. The minimum atomic E-state index is -3.33. The van der Waals surface area contributed by atoms with E-state index in [2.05, 4.69) is 4.57 Å². The fraction of sp³-hybridized carbons (Fsp3) is 0.227. The highest BCUT2D eigenvalue weighted by atomic mass is 32.2. The van der Waals surface area contributed by atoms with Gasteiger partial charge >= 0.3 is 0 Å². The van der Waals surface area contributed by atoms with Crippen LogP contribution in [0.1, 0.15) is 27.3 Å². The van der Waals surface area contributed by atoms with E-state index in [9.17, 15) is 13.2 Å². The van der Waals surface area contributed by atoms with Crippen LogP contribution in [0.5, 0.6) is 5.75 Å². The van der Waals surface area contributed by atoms with Crippen LogP contribution in [-0.2, 0) is 9.84 Å². The lowest BCUT2D eigenvalue weighted by Crippen LogP contribution is -2.13. The van der Waals surface area contributed by atoms with Gasteiger partial charge in [0.1, 0.15) is 5.75 Å². The SMILES string of the molecule is Cc1ccccc1-n1c(C)cc(C(=O)COc2cccc(S(C)(=O)=O)c2)c1C. The summed E-state index contributed by atoms with van der Waals surface area (Å²) < 4.78 is 31.0. The Labute approximate surface area is 165 Å². The molecule has 0 bridgehead atoms. The number of hydrogen-bond donors (Lipinski definition) is 0. The van der Waals surface area contributed by atoms with Crippen molar-refractivity contribution in [1.29, 1.82) is 0 Å². The average molecular weight is 397 g/mol. The molecular weight excluding hydrogens is 374 g/mol. The van der Waals surface area contributed by atoms with Crippen LogP contribution in [0.4, 0.5) is 0 Å². The first kappa shape index (κ1) is 19.9. The summed E-state index contributed by atoms with van der Waals surface area (Å²) in [4.78, 5) is 12.9. The number of rotatable bonds is 6. The second kappa shape index (κ2) is 7.64. The van der Waals surface area contributed by atoms with E-state index in [0.717, 1.165) is 28.9 Å². The van der Waals surface area contributed by atoms with E-state index in [4.69, 9.17) is 4.74 Å². The number of carbonyl (C=O) groups is 1. The van der Waals surface area contributed by atoms with E-state index in [0.29, 0.717) is 11.3 Å². The van der Waals surface area contributed by atoms with Crippen molar-refractivity contribution in [2.45, 2.75) is 25.7 Å². The van der Waals surface area contributed by atoms with Crippen molar-refractivity contribution < 1.29 is 17.9 Å². The third-order valence-corrected chi connectivity index (χ3v) is 5.80. The molecule has 0 unspecified atom stereocenters. The van der Waals surface area contributed by atoms with Gasteiger partial charge in [-0.3, -0.25) is 4.79 Å². The number of ether oxygens (including phenoxy) is 1. The lowest BCUT2D eigenvalue weighted by molar-refractivity contribution is 0.0920. The molecule has 1 heterocycles. The van der Waals surface area contributed by atoms with E-state index in [1.807, 2.05) is 51.1 Å². The van der Waals surface area contributed by atoms with Gasteiger partial charge in [0.2, 0.25) is 5.78 Å². The number of para-hydroxylation sites is 1. The Bertz CT molecular complexity index is 1140. The van der Waals surface area contributed by atoms with Crippen molar-refractivity contribution in [3.05, 3.63) is 77.1 Å². The molecule has 0 aliphatic carbocycles. The van der Waals surface area contributed by atoms with E-state index >= 15 is 0 Å². The summed E-state index contributed by atoms with van der Waals surface area (Å²) in [6.07, 6.45) is 1.14. The van der Waals surface area contributed by atoms with E-state index in [1.165, 1.54) is 12.1 Å².